The number of carbonyl (C=O) groups excluding carboxylic acids is 1. The fourth-order valence-corrected chi connectivity index (χ4v) is 4.87. The van der Waals surface area contributed by atoms with Crippen LogP contribution in [-0.2, 0) is 10.0 Å². The Hall–Kier alpha value is -1.40. The van der Waals surface area contributed by atoms with Gasteiger partial charge in [-0.1, -0.05) is 26.8 Å². The van der Waals surface area contributed by atoms with E-state index < -0.39 is 10.0 Å². The van der Waals surface area contributed by atoms with Crippen LogP contribution < -0.4 is 5.32 Å². The highest BCUT2D eigenvalue weighted by Gasteiger charge is 2.25. The van der Waals surface area contributed by atoms with Crippen molar-refractivity contribution in [1.29, 1.82) is 0 Å². The number of hydrogen-bond acceptors (Lipinski definition) is 3. The Labute approximate surface area is 151 Å². The lowest BCUT2D eigenvalue weighted by Gasteiger charge is -2.27. The van der Waals surface area contributed by atoms with E-state index in [1.807, 2.05) is 20.8 Å². The van der Waals surface area contributed by atoms with Crippen molar-refractivity contribution in [2.75, 3.05) is 13.1 Å². The highest BCUT2D eigenvalue weighted by atomic mass is 32.2. The maximum atomic E-state index is 12.7. The number of nitrogens with one attached hydrogen (secondary N) is 1. The molecule has 1 fully saturated rings. The lowest BCUT2D eigenvalue weighted by atomic mass is 9.87. The molecule has 6 heteroatoms. The van der Waals surface area contributed by atoms with Gasteiger partial charge in [-0.05, 0) is 56.2 Å². The van der Waals surface area contributed by atoms with Crippen LogP contribution in [0.4, 0.5) is 0 Å². The molecule has 0 aliphatic heterocycles. The van der Waals surface area contributed by atoms with Crippen molar-refractivity contribution in [3.63, 3.8) is 0 Å². The van der Waals surface area contributed by atoms with Gasteiger partial charge in [0.25, 0.3) is 5.91 Å². The van der Waals surface area contributed by atoms with Gasteiger partial charge in [0.05, 0.1) is 4.90 Å². The minimum atomic E-state index is -3.56. The third-order valence-electron chi connectivity index (χ3n) is 5.15. The Bertz CT molecular complexity index is 703. The summed E-state index contributed by atoms with van der Waals surface area (Å²) in [5, 5.41) is 3.09. The molecule has 0 aromatic heterocycles. The van der Waals surface area contributed by atoms with Crippen LogP contribution in [-0.4, -0.2) is 37.8 Å². The van der Waals surface area contributed by atoms with Gasteiger partial charge in [-0.2, -0.15) is 4.31 Å². The Morgan fingerprint density at radius 1 is 1.16 bits per heavy atom. The van der Waals surface area contributed by atoms with Crippen molar-refractivity contribution in [2.45, 2.75) is 64.3 Å². The predicted molar refractivity (Wildman–Crippen MR) is 100 cm³/mol. The van der Waals surface area contributed by atoms with E-state index >= 15 is 0 Å². The van der Waals surface area contributed by atoms with Crippen LogP contribution in [0.5, 0.6) is 0 Å². The zero-order valence-corrected chi connectivity index (χ0v) is 16.5. The second kappa shape index (κ2) is 8.32. The predicted octanol–water partition coefficient (Wildman–Crippen LogP) is 3.33. The molecule has 5 nitrogen and oxygen atoms in total. The summed E-state index contributed by atoms with van der Waals surface area (Å²) < 4.78 is 26.8. The van der Waals surface area contributed by atoms with Crippen molar-refractivity contribution in [3.05, 3.63) is 29.3 Å². The number of carbonyl (C=O) groups is 1. The molecule has 25 heavy (non-hydrogen) atoms. The fraction of sp³-hybridized carbons (Fsp3) is 0.632. The first kappa shape index (κ1) is 19.9. The number of aryl methyl sites for hydroxylation is 1. The van der Waals surface area contributed by atoms with E-state index in [1.54, 1.807) is 12.1 Å². The van der Waals surface area contributed by atoms with Gasteiger partial charge >= 0.3 is 0 Å². The molecule has 0 heterocycles. The van der Waals surface area contributed by atoms with Gasteiger partial charge in [-0.15, -0.1) is 0 Å². The van der Waals surface area contributed by atoms with E-state index in [0.717, 1.165) is 37.2 Å². The Morgan fingerprint density at radius 2 is 1.76 bits per heavy atom. The molecule has 1 N–H and O–H groups in total. The first-order chi connectivity index (χ1) is 11.8. The molecule has 0 radical (unpaired) electrons. The van der Waals surface area contributed by atoms with Gasteiger partial charge in [0, 0.05) is 24.7 Å². The molecule has 1 aliphatic carbocycles. The number of rotatable bonds is 6. The van der Waals surface area contributed by atoms with Crippen molar-refractivity contribution < 1.29 is 13.2 Å². The highest BCUT2D eigenvalue weighted by Crippen LogP contribution is 2.24. The van der Waals surface area contributed by atoms with Crippen LogP contribution >= 0.6 is 0 Å². The summed E-state index contributed by atoms with van der Waals surface area (Å²) in [4.78, 5) is 12.9. The lowest BCUT2D eigenvalue weighted by Crippen LogP contribution is -2.37. The molecule has 0 atom stereocenters. The summed E-state index contributed by atoms with van der Waals surface area (Å²) in [6.45, 7) is 8.53. The third kappa shape index (κ3) is 4.61. The summed E-state index contributed by atoms with van der Waals surface area (Å²) in [5.41, 5.74) is 1.24. The largest absolute Gasteiger partial charge is 0.349 e. The van der Waals surface area contributed by atoms with Crippen LogP contribution in [0, 0.1) is 12.8 Å². The molecule has 1 saturated carbocycles. The minimum Gasteiger partial charge on any atom is -0.349 e. The zero-order chi connectivity index (χ0) is 18.6. The number of hydrogen-bond donors (Lipinski definition) is 1. The Kier molecular flexibility index (Phi) is 6.63. The Balaban J connectivity index is 2.22. The molecule has 0 spiro atoms. The van der Waals surface area contributed by atoms with Crippen molar-refractivity contribution in [1.82, 2.24) is 9.62 Å². The van der Waals surface area contributed by atoms with Gasteiger partial charge in [0.2, 0.25) is 10.0 Å². The van der Waals surface area contributed by atoms with E-state index in [-0.39, 0.29) is 16.8 Å². The summed E-state index contributed by atoms with van der Waals surface area (Å²) in [7, 11) is -3.56. The van der Waals surface area contributed by atoms with Gasteiger partial charge in [-0.25, -0.2) is 8.42 Å². The molecule has 1 aromatic rings. The van der Waals surface area contributed by atoms with E-state index in [1.165, 1.54) is 10.4 Å². The first-order valence-electron chi connectivity index (χ1n) is 9.21. The van der Waals surface area contributed by atoms with Crippen molar-refractivity contribution in [3.8, 4) is 0 Å². The average molecular weight is 367 g/mol. The van der Waals surface area contributed by atoms with Gasteiger partial charge in [-0.3, -0.25) is 4.79 Å². The number of amides is 1. The van der Waals surface area contributed by atoms with E-state index in [4.69, 9.17) is 0 Å². The number of sulfonamides is 1. The highest BCUT2D eigenvalue weighted by molar-refractivity contribution is 7.89. The zero-order valence-electron chi connectivity index (χ0n) is 15.7. The summed E-state index contributed by atoms with van der Waals surface area (Å²) in [5.74, 6) is 0.547. The van der Waals surface area contributed by atoms with E-state index in [2.05, 4.69) is 12.2 Å². The maximum absolute atomic E-state index is 12.7. The standard InChI is InChI=1S/C19H30N2O3S/c1-5-21(6-2)25(23,24)17-12-9-15(4)18(13-17)19(22)20-16-10-7-14(3)8-11-16/h9,12-14,16H,5-8,10-11H2,1-4H3,(H,20,22). The molecular weight excluding hydrogens is 336 g/mol. The maximum Gasteiger partial charge on any atom is 0.251 e. The van der Waals surface area contributed by atoms with Gasteiger partial charge in [0.1, 0.15) is 0 Å². The summed E-state index contributed by atoms with van der Waals surface area (Å²) in [6.07, 6.45) is 4.23. The number of benzene rings is 1. The second-order valence-electron chi connectivity index (χ2n) is 7.00. The molecule has 0 bridgehead atoms. The summed E-state index contributed by atoms with van der Waals surface area (Å²) in [6, 6.07) is 5.01. The Morgan fingerprint density at radius 3 is 2.32 bits per heavy atom. The van der Waals surface area contributed by atoms with Crippen LogP contribution in [0.25, 0.3) is 0 Å². The normalized spacial score (nSPS) is 21.3. The van der Waals surface area contributed by atoms with Crippen molar-refractivity contribution in [2.24, 2.45) is 5.92 Å². The molecular formula is C19H30N2O3S. The monoisotopic (exact) mass is 366 g/mol. The summed E-state index contributed by atoms with van der Waals surface area (Å²) >= 11 is 0. The van der Waals surface area contributed by atoms with Crippen molar-refractivity contribution >= 4 is 15.9 Å². The van der Waals surface area contributed by atoms with Crippen LogP contribution in [0.3, 0.4) is 0 Å². The van der Waals surface area contributed by atoms with E-state index in [9.17, 15) is 13.2 Å². The minimum absolute atomic E-state index is 0.173. The molecule has 0 unspecified atom stereocenters. The molecule has 1 amide bonds. The quantitative estimate of drug-likeness (QED) is 0.840. The van der Waals surface area contributed by atoms with Gasteiger partial charge < -0.3 is 5.32 Å². The average Bonchev–Trinajstić information content (AvgIpc) is 2.58. The van der Waals surface area contributed by atoms with Crippen LogP contribution in [0.1, 0.15) is 62.4 Å². The number of nitrogens with zero attached hydrogens (tertiary/aromatic N) is 1. The molecule has 0 saturated heterocycles. The molecule has 140 valence electrons. The lowest BCUT2D eigenvalue weighted by molar-refractivity contribution is 0.0922. The fourth-order valence-electron chi connectivity index (χ4n) is 3.39. The van der Waals surface area contributed by atoms with Gasteiger partial charge in [0.15, 0.2) is 0 Å². The SMILES string of the molecule is CCN(CC)S(=O)(=O)c1ccc(C)c(C(=O)NC2CCC(C)CC2)c1. The molecule has 1 aromatic carbocycles. The topological polar surface area (TPSA) is 66.5 Å². The third-order valence-corrected chi connectivity index (χ3v) is 7.19. The molecule has 1 aliphatic rings. The van der Waals surface area contributed by atoms with E-state index in [0.29, 0.717) is 18.7 Å². The van der Waals surface area contributed by atoms with Crippen LogP contribution in [0.15, 0.2) is 23.1 Å². The smallest absolute Gasteiger partial charge is 0.251 e. The molecule has 2 rings (SSSR count). The second-order valence-corrected chi connectivity index (χ2v) is 8.93. The van der Waals surface area contributed by atoms with Crippen LogP contribution in [0.2, 0.25) is 0 Å². The first-order valence-corrected chi connectivity index (χ1v) is 10.6.